The van der Waals surface area contributed by atoms with E-state index in [1.165, 1.54) is 0 Å². The lowest BCUT2D eigenvalue weighted by atomic mass is 9.95. The molecule has 4 heteroatoms. The molecule has 2 rings (SSSR count). The Morgan fingerprint density at radius 3 is 3.05 bits per heavy atom. The molecule has 106 valence electrons. The maximum atomic E-state index is 5.63. The van der Waals surface area contributed by atoms with Gasteiger partial charge in [0, 0.05) is 37.9 Å². The zero-order valence-electron chi connectivity index (χ0n) is 12.0. The fourth-order valence-corrected chi connectivity index (χ4v) is 2.71. The van der Waals surface area contributed by atoms with Crippen LogP contribution < -0.4 is 5.32 Å². The summed E-state index contributed by atoms with van der Waals surface area (Å²) in [4.78, 5) is 6.86. The van der Waals surface area contributed by atoms with Gasteiger partial charge in [-0.1, -0.05) is 13.0 Å². The molecule has 0 spiro atoms. The second kappa shape index (κ2) is 7.58. The van der Waals surface area contributed by atoms with E-state index in [-0.39, 0.29) is 0 Å². The highest BCUT2D eigenvalue weighted by Gasteiger charge is 2.26. The van der Waals surface area contributed by atoms with Crippen LogP contribution in [0, 0.1) is 5.92 Å². The van der Waals surface area contributed by atoms with Crippen LogP contribution >= 0.6 is 0 Å². The summed E-state index contributed by atoms with van der Waals surface area (Å²) < 4.78 is 5.63. The minimum atomic E-state index is 0.572. The first kappa shape index (κ1) is 14.4. The zero-order valence-corrected chi connectivity index (χ0v) is 12.0. The van der Waals surface area contributed by atoms with Crippen LogP contribution in [0.4, 0.5) is 0 Å². The number of nitrogens with zero attached hydrogens (tertiary/aromatic N) is 2. The van der Waals surface area contributed by atoms with Gasteiger partial charge in [-0.2, -0.15) is 0 Å². The number of hydrogen-bond acceptors (Lipinski definition) is 4. The summed E-state index contributed by atoms with van der Waals surface area (Å²) in [5, 5.41) is 3.43. The molecule has 1 fully saturated rings. The van der Waals surface area contributed by atoms with Gasteiger partial charge in [-0.05, 0) is 32.1 Å². The third-order valence-corrected chi connectivity index (χ3v) is 3.90. The van der Waals surface area contributed by atoms with Gasteiger partial charge in [-0.3, -0.25) is 9.88 Å². The third-order valence-electron chi connectivity index (χ3n) is 3.90. The number of hydrogen-bond donors (Lipinski definition) is 1. The molecule has 1 aliphatic heterocycles. The largest absolute Gasteiger partial charge is 0.381 e. The van der Waals surface area contributed by atoms with E-state index in [2.05, 4.69) is 41.3 Å². The Balaban J connectivity index is 1.90. The highest BCUT2D eigenvalue weighted by Crippen LogP contribution is 2.17. The van der Waals surface area contributed by atoms with Crippen molar-refractivity contribution in [2.75, 3.05) is 33.4 Å². The summed E-state index contributed by atoms with van der Waals surface area (Å²) in [6.07, 6.45) is 2.98. The van der Waals surface area contributed by atoms with Crippen molar-refractivity contribution in [3.05, 3.63) is 30.1 Å². The fraction of sp³-hybridized carbons (Fsp3) is 0.667. The summed E-state index contributed by atoms with van der Waals surface area (Å²) in [7, 11) is 2.05. The maximum Gasteiger partial charge on any atom is 0.0543 e. The monoisotopic (exact) mass is 263 g/mol. The molecular formula is C15H25N3O. The van der Waals surface area contributed by atoms with Crippen molar-refractivity contribution in [3.63, 3.8) is 0 Å². The number of nitrogens with one attached hydrogen (secondary N) is 1. The van der Waals surface area contributed by atoms with Crippen LogP contribution in [0.5, 0.6) is 0 Å². The zero-order chi connectivity index (χ0) is 13.5. The lowest BCUT2D eigenvalue weighted by molar-refractivity contribution is 0.0178. The van der Waals surface area contributed by atoms with Crippen LogP contribution in [0.3, 0.4) is 0 Å². The molecule has 2 atom stereocenters. The fourth-order valence-electron chi connectivity index (χ4n) is 2.71. The summed E-state index contributed by atoms with van der Waals surface area (Å²) >= 11 is 0. The molecular weight excluding hydrogens is 238 g/mol. The first-order chi connectivity index (χ1) is 9.33. The van der Waals surface area contributed by atoms with E-state index in [4.69, 9.17) is 4.74 Å². The predicted molar refractivity (Wildman–Crippen MR) is 77.0 cm³/mol. The highest BCUT2D eigenvalue weighted by molar-refractivity contribution is 5.03. The standard InChI is InChI=1S/C15H25N3O/c1-3-18(11-14-6-4-5-8-17-14)10-13-12-19-9-7-15(13)16-2/h4-6,8,13,15-16H,3,7,9-12H2,1-2H3. The first-order valence-corrected chi connectivity index (χ1v) is 7.20. The molecule has 2 unspecified atom stereocenters. The summed E-state index contributed by atoms with van der Waals surface area (Å²) in [6.45, 7) is 6.99. The molecule has 1 saturated heterocycles. The van der Waals surface area contributed by atoms with Crippen LogP contribution in [0.15, 0.2) is 24.4 Å². The van der Waals surface area contributed by atoms with E-state index in [9.17, 15) is 0 Å². The smallest absolute Gasteiger partial charge is 0.0543 e. The van der Waals surface area contributed by atoms with Gasteiger partial charge in [-0.25, -0.2) is 0 Å². The molecule has 0 saturated carbocycles. The normalized spacial score (nSPS) is 23.7. The van der Waals surface area contributed by atoms with Crippen molar-refractivity contribution in [1.29, 1.82) is 0 Å². The number of rotatable bonds is 6. The van der Waals surface area contributed by atoms with Crippen LogP contribution in [0.2, 0.25) is 0 Å². The molecule has 0 aliphatic carbocycles. The molecule has 0 aromatic carbocycles. The average molecular weight is 263 g/mol. The Morgan fingerprint density at radius 1 is 1.47 bits per heavy atom. The number of aromatic nitrogens is 1. The van der Waals surface area contributed by atoms with Crippen molar-refractivity contribution in [2.45, 2.75) is 25.9 Å². The molecule has 0 radical (unpaired) electrons. The van der Waals surface area contributed by atoms with Crippen molar-refractivity contribution >= 4 is 0 Å². The highest BCUT2D eigenvalue weighted by atomic mass is 16.5. The molecule has 4 nitrogen and oxygen atoms in total. The summed E-state index contributed by atoms with van der Waals surface area (Å²) in [5.41, 5.74) is 1.14. The Kier molecular flexibility index (Phi) is 5.76. The quantitative estimate of drug-likeness (QED) is 0.844. The molecule has 1 N–H and O–H groups in total. The molecule has 1 aromatic rings. The molecule has 2 heterocycles. The molecule has 19 heavy (non-hydrogen) atoms. The van der Waals surface area contributed by atoms with E-state index < -0.39 is 0 Å². The Hall–Kier alpha value is -0.970. The van der Waals surface area contributed by atoms with Crippen molar-refractivity contribution in [2.24, 2.45) is 5.92 Å². The van der Waals surface area contributed by atoms with Crippen LogP contribution in [0.1, 0.15) is 19.0 Å². The van der Waals surface area contributed by atoms with Crippen LogP contribution in [-0.4, -0.2) is 49.3 Å². The summed E-state index contributed by atoms with van der Waals surface area (Å²) in [5.74, 6) is 0.572. The van der Waals surface area contributed by atoms with Gasteiger partial charge in [-0.15, -0.1) is 0 Å². The molecule has 1 aliphatic rings. The van der Waals surface area contributed by atoms with Crippen molar-refractivity contribution in [1.82, 2.24) is 15.2 Å². The predicted octanol–water partition coefficient (Wildman–Crippen LogP) is 1.53. The Bertz CT molecular complexity index is 358. The second-order valence-corrected chi connectivity index (χ2v) is 5.17. The topological polar surface area (TPSA) is 37.4 Å². The van der Waals surface area contributed by atoms with E-state index in [0.29, 0.717) is 12.0 Å². The van der Waals surface area contributed by atoms with E-state index in [1.54, 1.807) is 0 Å². The van der Waals surface area contributed by atoms with Gasteiger partial charge in [0.05, 0.1) is 12.3 Å². The van der Waals surface area contributed by atoms with Crippen molar-refractivity contribution in [3.8, 4) is 0 Å². The average Bonchev–Trinajstić information content (AvgIpc) is 2.48. The van der Waals surface area contributed by atoms with E-state index >= 15 is 0 Å². The second-order valence-electron chi connectivity index (χ2n) is 5.17. The maximum absolute atomic E-state index is 5.63. The molecule has 0 amide bonds. The van der Waals surface area contributed by atoms with Crippen LogP contribution in [0.25, 0.3) is 0 Å². The van der Waals surface area contributed by atoms with E-state index in [1.807, 2.05) is 12.3 Å². The first-order valence-electron chi connectivity index (χ1n) is 7.20. The van der Waals surface area contributed by atoms with Crippen LogP contribution in [-0.2, 0) is 11.3 Å². The van der Waals surface area contributed by atoms with E-state index in [0.717, 1.165) is 45.0 Å². The van der Waals surface area contributed by atoms with Gasteiger partial charge < -0.3 is 10.1 Å². The molecule has 0 bridgehead atoms. The van der Waals surface area contributed by atoms with Crippen molar-refractivity contribution < 1.29 is 4.74 Å². The van der Waals surface area contributed by atoms with Gasteiger partial charge in [0.25, 0.3) is 0 Å². The lowest BCUT2D eigenvalue weighted by Gasteiger charge is -2.35. The van der Waals surface area contributed by atoms with Gasteiger partial charge in [0.15, 0.2) is 0 Å². The SMILES string of the molecule is CCN(Cc1ccccn1)CC1COCCC1NC. The number of ether oxygens (including phenoxy) is 1. The summed E-state index contributed by atoms with van der Waals surface area (Å²) in [6, 6.07) is 6.68. The number of pyridine rings is 1. The minimum Gasteiger partial charge on any atom is -0.381 e. The third kappa shape index (κ3) is 4.27. The minimum absolute atomic E-state index is 0.572. The van der Waals surface area contributed by atoms with Gasteiger partial charge in [0.2, 0.25) is 0 Å². The lowest BCUT2D eigenvalue weighted by Crippen LogP contribution is -2.46. The Morgan fingerprint density at radius 2 is 2.37 bits per heavy atom. The Labute approximate surface area is 116 Å². The van der Waals surface area contributed by atoms with Gasteiger partial charge in [0.1, 0.15) is 0 Å². The molecule has 1 aromatic heterocycles. The van der Waals surface area contributed by atoms with Gasteiger partial charge >= 0.3 is 0 Å².